The Morgan fingerprint density at radius 3 is 2.54 bits per heavy atom. The average molecular weight is 389 g/mol. The van der Waals surface area contributed by atoms with Gasteiger partial charge in [0.1, 0.15) is 0 Å². The molecule has 0 spiro atoms. The molecular formula is C19H21BrN2O2. The van der Waals surface area contributed by atoms with Crippen LogP contribution in [0.3, 0.4) is 0 Å². The zero-order valence-electron chi connectivity index (χ0n) is 13.7. The van der Waals surface area contributed by atoms with Gasteiger partial charge >= 0.3 is 0 Å². The monoisotopic (exact) mass is 388 g/mol. The Kier molecular flexibility index (Phi) is 5.53. The second-order valence-electron chi connectivity index (χ2n) is 5.97. The number of hydrogen-bond donors (Lipinski definition) is 1. The number of carbonyl (C=O) groups excluding carboxylic acids is 1. The van der Waals surface area contributed by atoms with E-state index in [1.807, 2.05) is 37.3 Å². The van der Waals surface area contributed by atoms with Crippen molar-refractivity contribution in [3.8, 4) is 0 Å². The zero-order chi connectivity index (χ0) is 16.9. The van der Waals surface area contributed by atoms with Crippen molar-refractivity contribution in [2.24, 2.45) is 0 Å². The molecule has 1 fully saturated rings. The summed E-state index contributed by atoms with van der Waals surface area (Å²) >= 11 is 3.48. The van der Waals surface area contributed by atoms with Gasteiger partial charge in [0.05, 0.1) is 25.3 Å². The van der Waals surface area contributed by atoms with Gasteiger partial charge in [-0.05, 0) is 58.2 Å². The lowest BCUT2D eigenvalue weighted by atomic mass is 10.1. The largest absolute Gasteiger partial charge is 0.378 e. The molecule has 1 amide bonds. The molecule has 0 saturated carbocycles. The van der Waals surface area contributed by atoms with Gasteiger partial charge in [-0.25, -0.2) is 0 Å². The van der Waals surface area contributed by atoms with Crippen LogP contribution in [0.15, 0.2) is 46.9 Å². The summed E-state index contributed by atoms with van der Waals surface area (Å²) in [7, 11) is 0. The first-order chi connectivity index (χ1) is 11.6. The summed E-state index contributed by atoms with van der Waals surface area (Å²) < 4.78 is 6.27. The number of morpholine rings is 1. The van der Waals surface area contributed by atoms with Gasteiger partial charge in [0.15, 0.2) is 0 Å². The predicted molar refractivity (Wildman–Crippen MR) is 101 cm³/mol. The predicted octanol–water partition coefficient (Wildman–Crippen LogP) is 3.78. The van der Waals surface area contributed by atoms with E-state index in [1.54, 1.807) is 0 Å². The molecule has 24 heavy (non-hydrogen) atoms. The minimum Gasteiger partial charge on any atom is -0.378 e. The quantitative estimate of drug-likeness (QED) is 0.866. The maximum atomic E-state index is 12.2. The van der Waals surface area contributed by atoms with Crippen molar-refractivity contribution in [1.82, 2.24) is 0 Å². The fraction of sp³-hybridized carbons (Fsp3) is 0.316. The van der Waals surface area contributed by atoms with E-state index in [1.165, 1.54) is 5.69 Å². The first kappa shape index (κ1) is 17.0. The van der Waals surface area contributed by atoms with Gasteiger partial charge in [-0.3, -0.25) is 4.79 Å². The molecule has 1 N–H and O–H groups in total. The molecule has 0 bridgehead atoms. The number of aryl methyl sites for hydroxylation is 1. The van der Waals surface area contributed by atoms with Gasteiger partial charge in [0.25, 0.3) is 0 Å². The maximum absolute atomic E-state index is 12.2. The number of amides is 1. The zero-order valence-corrected chi connectivity index (χ0v) is 15.3. The molecule has 5 heteroatoms. The normalized spacial score (nSPS) is 14.5. The first-order valence-corrected chi connectivity index (χ1v) is 8.89. The molecule has 1 aliphatic rings. The highest BCUT2D eigenvalue weighted by Gasteiger charge is 2.12. The Bertz CT molecular complexity index is 710. The molecular weight excluding hydrogens is 368 g/mol. The molecule has 1 saturated heterocycles. The molecule has 0 atom stereocenters. The van der Waals surface area contributed by atoms with Gasteiger partial charge in [0, 0.05) is 23.2 Å². The van der Waals surface area contributed by atoms with Crippen LogP contribution >= 0.6 is 15.9 Å². The Morgan fingerprint density at radius 1 is 1.17 bits per heavy atom. The number of carbonyl (C=O) groups is 1. The second-order valence-corrected chi connectivity index (χ2v) is 6.83. The van der Waals surface area contributed by atoms with Crippen LogP contribution in [0.1, 0.15) is 11.1 Å². The molecule has 2 aromatic carbocycles. The van der Waals surface area contributed by atoms with Crippen molar-refractivity contribution >= 4 is 33.2 Å². The summed E-state index contributed by atoms with van der Waals surface area (Å²) in [5, 5.41) is 2.95. The number of nitrogens with zero attached hydrogens (tertiary/aromatic N) is 1. The summed E-state index contributed by atoms with van der Waals surface area (Å²) in [6.45, 7) is 5.40. The lowest BCUT2D eigenvalue weighted by Crippen LogP contribution is -2.36. The third kappa shape index (κ3) is 4.36. The molecule has 1 heterocycles. The standard InChI is InChI=1S/C19H21BrN2O2/c1-14-2-7-18(17(20)12-14)21-19(23)13-15-3-5-16(6-4-15)22-8-10-24-11-9-22/h2-7,12H,8-11,13H2,1H3,(H,21,23). The van der Waals surface area contributed by atoms with Crippen LogP contribution < -0.4 is 10.2 Å². The lowest BCUT2D eigenvalue weighted by Gasteiger charge is -2.28. The molecule has 1 aliphatic heterocycles. The van der Waals surface area contributed by atoms with Crippen LogP contribution in [-0.4, -0.2) is 32.2 Å². The Hall–Kier alpha value is -1.85. The van der Waals surface area contributed by atoms with Crippen LogP contribution in [0.2, 0.25) is 0 Å². The van der Waals surface area contributed by atoms with Crippen molar-refractivity contribution in [3.63, 3.8) is 0 Å². The minimum absolute atomic E-state index is 0.0151. The van der Waals surface area contributed by atoms with E-state index in [4.69, 9.17) is 4.74 Å². The van der Waals surface area contributed by atoms with Gasteiger partial charge in [-0.2, -0.15) is 0 Å². The molecule has 0 aromatic heterocycles. The first-order valence-electron chi connectivity index (χ1n) is 8.09. The van der Waals surface area contributed by atoms with E-state index < -0.39 is 0 Å². The van der Waals surface area contributed by atoms with Crippen molar-refractivity contribution in [1.29, 1.82) is 0 Å². The summed E-state index contributed by atoms with van der Waals surface area (Å²) in [6.07, 6.45) is 0.365. The van der Waals surface area contributed by atoms with Crippen molar-refractivity contribution < 1.29 is 9.53 Å². The Labute approximate surface area is 150 Å². The summed E-state index contributed by atoms with van der Waals surface area (Å²) in [5.74, 6) is -0.0151. The van der Waals surface area contributed by atoms with E-state index in [9.17, 15) is 4.79 Å². The molecule has 3 rings (SSSR count). The summed E-state index contributed by atoms with van der Waals surface area (Å²) in [6, 6.07) is 14.1. The van der Waals surface area contributed by atoms with Crippen LogP contribution in [0.25, 0.3) is 0 Å². The van der Waals surface area contributed by atoms with Gasteiger partial charge in [0.2, 0.25) is 5.91 Å². The number of anilines is 2. The van der Waals surface area contributed by atoms with Crippen molar-refractivity contribution in [2.45, 2.75) is 13.3 Å². The highest BCUT2D eigenvalue weighted by Crippen LogP contribution is 2.23. The Morgan fingerprint density at radius 2 is 1.88 bits per heavy atom. The molecule has 4 nitrogen and oxygen atoms in total. The number of hydrogen-bond acceptors (Lipinski definition) is 3. The Balaban J connectivity index is 1.59. The van der Waals surface area contributed by atoms with E-state index >= 15 is 0 Å². The summed E-state index contributed by atoms with van der Waals surface area (Å²) in [4.78, 5) is 14.5. The third-order valence-corrected chi connectivity index (χ3v) is 4.73. The van der Waals surface area contributed by atoms with Crippen LogP contribution in [0, 0.1) is 6.92 Å². The third-order valence-electron chi connectivity index (χ3n) is 4.08. The minimum atomic E-state index is -0.0151. The SMILES string of the molecule is Cc1ccc(NC(=O)Cc2ccc(N3CCOCC3)cc2)c(Br)c1. The topological polar surface area (TPSA) is 41.6 Å². The smallest absolute Gasteiger partial charge is 0.228 e. The maximum Gasteiger partial charge on any atom is 0.228 e. The van der Waals surface area contributed by atoms with Crippen LogP contribution in [0.4, 0.5) is 11.4 Å². The molecule has 0 radical (unpaired) electrons. The number of nitrogens with one attached hydrogen (secondary N) is 1. The number of rotatable bonds is 4. The van der Waals surface area contributed by atoms with E-state index in [0.717, 1.165) is 47.6 Å². The van der Waals surface area contributed by atoms with E-state index in [2.05, 4.69) is 38.3 Å². The lowest BCUT2D eigenvalue weighted by molar-refractivity contribution is -0.115. The highest BCUT2D eigenvalue weighted by molar-refractivity contribution is 9.10. The van der Waals surface area contributed by atoms with Crippen molar-refractivity contribution in [3.05, 3.63) is 58.1 Å². The van der Waals surface area contributed by atoms with Gasteiger partial charge in [-0.15, -0.1) is 0 Å². The second kappa shape index (κ2) is 7.81. The van der Waals surface area contributed by atoms with Gasteiger partial charge in [-0.1, -0.05) is 18.2 Å². The fourth-order valence-electron chi connectivity index (χ4n) is 2.75. The van der Waals surface area contributed by atoms with E-state index in [-0.39, 0.29) is 5.91 Å². The number of ether oxygens (including phenoxy) is 1. The van der Waals surface area contributed by atoms with E-state index in [0.29, 0.717) is 6.42 Å². The van der Waals surface area contributed by atoms with Crippen LogP contribution in [-0.2, 0) is 16.0 Å². The average Bonchev–Trinajstić information content (AvgIpc) is 2.59. The number of halogens is 1. The molecule has 126 valence electrons. The van der Waals surface area contributed by atoms with Gasteiger partial charge < -0.3 is 15.0 Å². The van der Waals surface area contributed by atoms with Crippen molar-refractivity contribution in [2.75, 3.05) is 36.5 Å². The molecule has 0 unspecified atom stereocenters. The van der Waals surface area contributed by atoms with Crippen LogP contribution in [0.5, 0.6) is 0 Å². The molecule has 2 aromatic rings. The highest BCUT2D eigenvalue weighted by atomic mass is 79.9. The fourth-order valence-corrected chi connectivity index (χ4v) is 3.34. The summed E-state index contributed by atoms with van der Waals surface area (Å²) in [5.41, 5.74) is 4.14. The number of benzene rings is 2. The molecule has 0 aliphatic carbocycles.